The van der Waals surface area contributed by atoms with Gasteiger partial charge >= 0.3 is 0 Å². The Kier molecular flexibility index (Phi) is 5.70. The van der Waals surface area contributed by atoms with Crippen LogP contribution in [0.1, 0.15) is 5.56 Å². The minimum atomic E-state index is -3.91. The summed E-state index contributed by atoms with van der Waals surface area (Å²) in [5.74, 6) is 0. The van der Waals surface area contributed by atoms with Gasteiger partial charge in [-0.2, -0.15) is 0 Å². The molecule has 1 fully saturated rings. The number of aryl methyl sites for hydroxylation is 1. The lowest BCUT2D eigenvalue weighted by molar-refractivity contribution is -0.237. The Bertz CT molecular complexity index is 620. The van der Waals surface area contributed by atoms with Gasteiger partial charge in [0.05, 0.1) is 11.5 Å². The molecule has 6 N–H and O–H groups in total. The number of sulfonamides is 1. The maximum absolute atomic E-state index is 12.1. The number of benzene rings is 1. The first kappa shape index (κ1) is 18.2. The van der Waals surface area contributed by atoms with E-state index in [1.54, 1.807) is 12.1 Å². The van der Waals surface area contributed by atoms with Gasteiger partial charge in [0, 0.05) is 0 Å². The van der Waals surface area contributed by atoms with E-state index < -0.39 is 47.3 Å². The van der Waals surface area contributed by atoms with Crippen molar-refractivity contribution in [3.8, 4) is 0 Å². The molecule has 1 aromatic rings. The van der Waals surface area contributed by atoms with Crippen LogP contribution >= 0.6 is 0 Å². The summed E-state index contributed by atoms with van der Waals surface area (Å²) in [6.07, 6.45) is -7.17. The van der Waals surface area contributed by atoms with Gasteiger partial charge in [-0.1, -0.05) is 17.7 Å². The summed E-state index contributed by atoms with van der Waals surface area (Å²) in [5, 5.41) is 38.2. The van der Waals surface area contributed by atoms with Crippen molar-refractivity contribution in [3.05, 3.63) is 29.8 Å². The number of hydrogen-bond acceptors (Lipinski definition) is 8. The van der Waals surface area contributed by atoms with Gasteiger partial charge in [0.2, 0.25) is 0 Å². The van der Waals surface area contributed by atoms with Crippen LogP contribution in [0.4, 0.5) is 0 Å². The smallest absolute Gasteiger partial charge is 0.253 e. The van der Waals surface area contributed by atoms with E-state index >= 15 is 0 Å². The predicted molar refractivity (Wildman–Crippen MR) is 78.4 cm³/mol. The van der Waals surface area contributed by atoms with Gasteiger partial charge in [-0.3, -0.25) is 0 Å². The SMILES string of the molecule is Cc1ccc(S(=O)(=O)NN[C@@H]2OC(CO)[C@@H](O)C(O)C2O)cc1. The molecule has 2 rings (SSSR count). The highest BCUT2D eigenvalue weighted by atomic mass is 32.2. The summed E-state index contributed by atoms with van der Waals surface area (Å²) < 4.78 is 29.4. The van der Waals surface area contributed by atoms with Crippen LogP contribution in [0.15, 0.2) is 29.2 Å². The third-order valence-corrected chi connectivity index (χ3v) is 4.84. The summed E-state index contributed by atoms with van der Waals surface area (Å²) in [5.41, 5.74) is 3.14. The molecule has 1 aromatic carbocycles. The molecule has 1 aliphatic heterocycles. The van der Waals surface area contributed by atoms with Crippen molar-refractivity contribution in [3.63, 3.8) is 0 Å². The molecule has 0 aromatic heterocycles. The molecule has 0 radical (unpaired) electrons. The fourth-order valence-electron chi connectivity index (χ4n) is 2.13. The highest BCUT2D eigenvalue weighted by molar-refractivity contribution is 7.89. The Hall–Kier alpha value is -1.11. The maximum atomic E-state index is 12.1. The Balaban J connectivity index is 2.05. The second-order valence-corrected chi connectivity index (χ2v) is 6.99. The Morgan fingerprint density at radius 3 is 2.26 bits per heavy atom. The lowest BCUT2D eigenvalue weighted by Gasteiger charge is -2.40. The van der Waals surface area contributed by atoms with E-state index in [2.05, 4.69) is 5.43 Å². The summed E-state index contributed by atoms with van der Waals surface area (Å²) >= 11 is 0. The highest BCUT2D eigenvalue weighted by Crippen LogP contribution is 2.19. The van der Waals surface area contributed by atoms with E-state index in [1.807, 2.05) is 11.8 Å². The van der Waals surface area contributed by atoms with Gasteiger partial charge in [-0.15, -0.1) is 4.83 Å². The summed E-state index contributed by atoms with van der Waals surface area (Å²) in [7, 11) is -3.91. The zero-order valence-electron chi connectivity index (χ0n) is 12.3. The highest BCUT2D eigenvalue weighted by Gasteiger charge is 2.43. The van der Waals surface area contributed by atoms with E-state index in [4.69, 9.17) is 9.84 Å². The number of aliphatic hydroxyl groups is 4. The largest absolute Gasteiger partial charge is 0.394 e. The van der Waals surface area contributed by atoms with Crippen molar-refractivity contribution in [1.29, 1.82) is 0 Å². The van der Waals surface area contributed by atoms with E-state index in [9.17, 15) is 23.7 Å². The molecule has 9 nitrogen and oxygen atoms in total. The van der Waals surface area contributed by atoms with Crippen molar-refractivity contribution < 1.29 is 33.6 Å². The zero-order chi connectivity index (χ0) is 17.2. The lowest BCUT2D eigenvalue weighted by atomic mass is 9.99. The Morgan fingerprint density at radius 1 is 1.09 bits per heavy atom. The molecule has 3 unspecified atom stereocenters. The fourth-order valence-corrected chi connectivity index (χ4v) is 3.02. The van der Waals surface area contributed by atoms with Crippen molar-refractivity contribution in [2.75, 3.05) is 6.61 Å². The summed E-state index contributed by atoms with van der Waals surface area (Å²) in [6.45, 7) is 1.21. The Labute approximate surface area is 133 Å². The first-order valence-electron chi connectivity index (χ1n) is 6.91. The van der Waals surface area contributed by atoms with Crippen LogP contribution in [0.25, 0.3) is 0 Å². The summed E-state index contributed by atoms with van der Waals surface area (Å²) in [6, 6.07) is 6.07. The monoisotopic (exact) mass is 348 g/mol. The molecule has 23 heavy (non-hydrogen) atoms. The van der Waals surface area contributed by atoms with E-state index in [-0.39, 0.29) is 4.90 Å². The number of hydrogen-bond donors (Lipinski definition) is 6. The molecule has 0 spiro atoms. The standard InChI is InChI=1S/C13H20N2O7S/c1-7-2-4-8(5-3-7)23(20,21)15-14-13-12(19)11(18)10(17)9(6-16)22-13/h2-5,9-19H,6H2,1H3/t9?,10-,11?,12?,13-/m1/s1. The second-order valence-electron chi connectivity index (χ2n) is 5.31. The molecule has 1 aliphatic rings. The number of ether oxygens (including phenoxy) is 1. The molecule has 10 heteroatoms. The van der Waals surface area contributed by atoms with E-state index in [1.165, 1.54) is 12.1 Å². The molecular formula is C13H20N2O7S. The molecule has 1 heterocycles. The number of rotatable bonds is 5. The average Bonchev–Trinajstić information content (AvgIpc) is 2.52. The molecule has 0 bridgehead atoms. The van der Waals surface area contributed by atoms with Gasteiger partial charge in [-0.05, 0) is 19.1 Å². The third-order valence-electron chi connectivity index (χ3n) is 3.56. The average molecular weight is 348 g/mol. The van der Waals surface area contributed by atoms with Crippen LogP contribution in [0.2, 0.25) is 0 Å². The van der Waals surface area contributed by atoms with Gasteiger partial charge < -0.3 is 25.2 Å². The normalized spacial score (nSPS) is 32.0. The first-order valence-corrected chi connectivity index (χ1v) is 8.39. The number of hydrazine groups is 1. The molecule has 0 saturated carbocycles. The Morgan fingerprint density at radius 2 is 1.70 bits per heavy atom. The second kappa shape index (κ2) is 7.20. The minimum absolute atomic E-state index is 0.000176. The maximum Gasteiger partial charge on any atom is 0.253 e. The van der Waals surface area contributed by atoms with Crippen LogP contribution in [0.3, 0.4) is 0 Å². The van der Waals surface area contributed by atoms with Gasteiger partial charge in [0.25, 0.3) is 10.0 Å². The first-order chi connectivity index (χ1) is 10.8. The van der Waals surface area contributed by atoms with Crippen LogP contribution < -0.4 is 10.3 Å². The predicted octanol–water partition coefficient (Wildman–Crippen LogP) is -2.42. The van der Waals surface area contributed by atoms with Crippen molar-refractivity contribution in [2.24, 2.45) is 0 Å². The van der Waals surface area contributed by atoms with E-state index in [0.717, 1.165) is 5.56 Å². The molecule has 0 aliphatic carbocycles. The molecule has 130 valence electrons. The van der Waals surface area contributed by atoms with Crippen molar-refractivity contribution >= 4 is 10.0 Å². The lowest BCUT2D eigenvalue weighted by Crippen LogP contribution is -2.64. The summed E-state index contributed by atoms with van der Waals surface area (Å²) in [4.78, 5) is 2.04. The fraction of sp³-hybridized carbons (Fsp3) is 0.538. The molecule has 1 saturated heterocycles. The minimum Gasteiger partial charge on any atom is -0.394 e. The van der Waals surface area contributed by atoms with Crippen molar-refractivity contribution in [1.82, 2.24) is 10.3 Å². The number of aliphatic hydroxyl groups excluding tert-OH is 4. The number of nitrogens with one attached hydrogen (secondary N) is 2. The quantitative estimate of drug-likeness (QED) is 0.322. The van der Waals surface area contributed by atoms with Crippen molar-refractivity contribution in [2.45, 2.75) is 42.5 Å². The van der Waals surface area contributed by atoms with Gasteiger partial charge in [0.1, 0.15) is 24.4 Å². The van der Waals surface area contributed by atoms with Gasteiger partial charge in [0.15, 0.2) is 6.23 Å². The van der Waals surface area contributed by atoms with E-state index in [0.29, 0.717) is 0 Å². The third kappa shape index (κ3) is 4.05. The van der Waals surface area contributed by atoms with Crippen LogP contribution in [0, 0.1) is 6.92 Å². The van der Waals surface area contributed by atoms with Gasteiger partial charge in [-0.25, -0.2) is 13.8 Å². The molecule has 5 atom stereocenters. The molecular weight excluding hydrogens is 328 g/mol. The topological polar surface area (TPSA) is 148 Å². The zero-order valence-corrected chi connectivity index (χ0v) is 13.1. The van der Waals surface area contributed by atoms with Crippen LogP contribution in [-0.4, -0.2) is 66.1 Å². The van der Waals surface area contributed by atoms with Crippen LogP contribution in [-0.2, 0) is 14.8 Å². The molecule has 0 amide bonds. The van der Waals surface area contributed by atoms with Crippen LogP contribution in [0.5, 0.6) is 0 Å².